The summed E-state index contributed by atoms with van der Waals surface area (Å²) in [4.78, 5) is 0. The molecule has 6 unspecified atom stereocenters. The molecule has 8 heteroatoms. The van der Waals surface area contributed by atoms with Crippen molar-refractivity contribution in [1.82, 2.24) is 0 Å². The first kappa shape index (κ1) is 41.5. The smallest absolute Gasteiger partial charge is 0.106 e. The lowest BCUT2D eigenvalue weighted by molar-refractivity contribution is 0.0138. The summed E-state index contributed by atoms with van der Waals surface area (Å²) in [6, 6.07) is 0. The summed E-state index contributed by atoms with van der Waals surface area (Å²) < 4.78 is 11.3. The molecule has 0 aromatic carbocycles. The minimum absolute atomic E-state index is 0.178. The van der Waals surface area contributed by atoms with Crippen molar-refractivity contribution in [3.63, 3.8) is 0 Å². The van der Waals surface area contributed by atoms with Crippen LogP contribution in [0, 0.1) is 35.5 Å². The van der Waals surface area contributed by atoms with Crippen LogP contribution in [0.3, 0.4) is 0 Å². The number of thiol groups is 2. The predicted molar refractivity (Wildman–Crippen MR) is 181 cm³/mol. The van der Waals surface area contributed by atoms with Gasteiger partial charge in [-0.25, -0.2) is 0 Å². The van der Waals surface area contributed by atoms with E-state index in [1.165, 1.54) is 32.1 Å². The standard InChI is InChI=1S/C13H26O3.C12H25NO2S.C8H18S/c1-10(11(2)15)8-16-9-13-5-3-12(7-14)4-6-13;1-9(16)6-12(13)15-8-11-4-2-10(7-14)3-5-11;1-4-7(2)5-6-8(3)9/h10-15H,3-9H2,1-2H3;9-12,14,16H,2-8,13H2,1H3;7-9H,4-6H2,1-3H3. The summed E-state index contributed by atoms with van der Waals surface area (Å²) in [5.41, 5.74) is 5.83. The zero-order valence-corrected chi connectivity index (χ0v) is 29.2. The highest BCUT2D eigenvalue weighted by molar-refractivity contribution is 7.81. The molecule has 2 rings (SSSR count). The van der Waals surface area contributed by atoms with Crippen LogP contribution in [-0.2, 0) is 9.47 Å². The molecule has 5 N–H and O–H groups in total. The van der Waals surface area contributed by atoms with E-state index in [1.54, 1.807) is 6.92 Å². The van der Waals surface area contributed by atoms with Crippen molar-refractivity contribution < 1.29 is 24.8 Å². The molecule has 0 spiro atoms. The molecule has 2 fully saturated rings. The topological polar surface area (TPSA) is 105 Å². The van der Waals surface area contributed by atoms with E-state index in [2.05, 4.69) is 46.0 Å². The van der Waals surface area contributed by atoms with Gasteiger partial charge in [0.15, 0.2) is 0 Å². The first-order chi connectivity index (χ1) is 19.4. The summed E-state index contributed by atoms with van der Waals surface area (Å²) in [5, 5.41) is 28.3. The summed E-state index contributed by atoms with van der Waals surface area (Å²) >= 11 is 8.61. The molecular weight excluding hydrogens is 554 g/mol. The second-order valence-corrected chi connectivity index (χ2v) is 15.1. The third-order valence-corrected chi connectivity index (χ3v) is 9.37. The van der Waals surface area contributed by atoms with Gasteiger partial charge in [0, 0.05) is 31.0 Å². The number of nitrogens with two attached hydrogens (primary N) is 1. The average Bonchev–Trinajstić information content (AvgIpc) is 2.95. The number of aliphatic hydroxyl groups excluding tert-OH is 3. The number of aliphatic hydroxyl groups is 3. The zero-order valence-electron chi connectivity index (χ0n) is 27.4. The SMILES string of the molecule is CC(O)C(C)COCC1CCC(CO)CC1.CC(S)CC(N)OCC1CCC(CO)CC1.CCC(C)CCC(C)S. The Labute approximate surface area is 265 Å². The Morgan fingerprint density at radius 1 is 0.732 bits per heavy atom. The van der Waals surface area contributed by atoms with Gasteiger partial charge in [0.25, 0.3) is 0 Å². The fraction of sp³-hybridized carbons (Fsp3) is 1.00. The maximum absolute atomic E-state index is 9.32. The Bertz CT molecular complexity index is 568. The third-order valence-electron chi connectivity index (χ3n) is 8.90. The van der Waals surface area contributed by atoms with Gasteiger partial charge in [0.1, 0.15) is 6.23 Å². The van der Waals surface area contributed by atoms with Crippen LogP contribution in [0.1, 0.15) is 119 Å². The lowest BCUT2D eigenvalue weighted by atomic mass is 9.83. The molecule has 0 aliphatic heterocycles. The highest BCUT2D eigenvalue weighted by Gasteiger charge is 2.22. The van der Waals surface area contributed by atoms with Crippen LogP contribution < -0.4 is 5.73 Å². The first-order valence-electron chi connectivity index (χ1n) is 16.6. The van der Waals surface area contributed by atoms with Crippen LogP contribution in [0.2, 0.25) is 0 Å². The fourth-order valence-electron chi connectivity index (χ4n) is 5.12. The van der Waals surface area contributed by atoms with E-state index >= 15 is 0 Å². The quantitative estimate of drug-likeness (QED) is 0.0840. The van der Waals surface area contributed by atoms with Gasteiger partial charge in [-0.15, -0.1) is 0 Å². The first-order valence-corrected chi connectivity index (χ1v) is 17.7. The van der Waals surface area contributed by atoms with E-state index in [1.807, 2.05) is 13.8 Å². The molecule has 41 heavy (non-hydrogen) atoms. The largest absolute Gasteiger partial charge is 0.396 e. The molecule has 0 radical (unpaired) electrons. The van der Waals surface area contributed by atoms with E-state index in [-0.39, 0.29) is 18.2 Å². The van der Waals surface area contributed by atoms with Crippen molar-refractivity contribution in [3.05, 3.63) is 0 Å². The van der Waals surface area contributed by atoms with Gasteiger partial charge in [0.2, 0.25) is 0 Å². The lowest BCUT2D eigenvalue weighted by Gasteiger charge is -2.28. The Morgan fingerprint density at radius 2 is 1.20 bits per heavy atom. The van der Waals surface area contributed by atoms with Crippen LogP contribution >= 0.6 is 25.3 Å². The molecule has 248 valence electrons. The lowest BCUT2D eigenvalue weighted by Crippen LogP contribution is -2.30. The monoisotopic (exact) mass is 623 g/mol. The van der Waals surface area contributed by atoms with Crippen LogP contribution in [0.5, 0.6) is 0 Å². The number of ether oxygens (including phenoxy) is 2. The molecule has 0 bridgehead atoms. The molecule has 0 aromatic rings. The summed E-state index contributed by atoms with van der Waals surface area (Å²) in [7, 11) is 0. The van der Waals surface area contributed by atoms with Crippen molar-refractivity contribution >= 4 is 25.3 Å². The van der Waals surface area contributed by atoms with Gasteiger partial charge in [0.05, 0.1) is 19.3 Å². The summed E-state index contributed by atoms with van der Waals surface area (Å²) in [5.74, 6) is 3.43. The number of hydrogen-bond acceptors (Lipinski definition) is 8. The fourth-order valence-corrected chi connectivity index (χ4v) is 5.47. The average molecular weight is 624 g/mol. The summed E-state index contributed by atoms with van der Waals surface area (Å²) in [6.45, 7) is 15.5. The van der Waals surface area contributed by atoms with Crippen LogP contribution in [0.15, 0.2) is 0 Å². The van der Waals surface area contributed by atoms with Crippen molar-refractivity contribution in [3.8, 4) is 0 Å². The third kappa shape index (κ3) is 23.5. The van der Waals surface area contributed by atoms with Gasteiger partial charge in [-0.05, 0) is 112 Å². The summed E-state index contributed by atoms with van der Waals surface area (Å²) in [6.07, 6.45) is 13.4. The molecule has 0 saturated heterocycles. The molecule has 2 saturated carbocycles. The van der Waals surface area contributed by atoms with Crippen molar-refractivity contribution in [1.29, 1.82) is 0 Å². The maximum Gasteiger partial charge on any atom is 0.106 e. The van der Waals surface area contributed by atoms with Gasteiger partial charge >= 0.3 is 0 Å². The second-order valence-electron chi connectivity index (χ2n) is 13.3. The molecule has 2 aliphatic rings. The molecule has 2 aliphatic carbocycles. The van der Waals surface area contributed by atoms with E-state index in [9.17, 15) is 5.11 Å². The molecule has 0 heterocycles. The molecule has 6 nitrogen and oxygen atoms in total. The molecule has 0 aromatic heterocycles. The van der Waals surface area contributed by atoms with Crippen LogP contribution in [-0.4, -0.2) is 71.2 Å². The van der Waals surface area contributed by atoms with Crippen molar-refractivity contribution in [2.75, 3.05) is 33.0 Å². The highest BCUT2D eigenvalue weighted by Crippen LogP contribution is 2.29. The highest BCUT2D eigenvalue weighted by atomic mass is 32.1. The Kier molecular flexibility index (Phi) is 26.0. The Hall–Kier alpha value is 0.460. The molecule has 6 atom stereocenters. The van der Waals surface area contributed by atoms with Crippen LogP contribution in [0.4, 0.5) is 0 Å². The van der Waals surface area contributed by atoms with E-state index < -0.39 is 0 Å². The van der Waals surface area contributed by atoms with Crippen molar-refractivity contribution in [2.45, 2.75) is 141 Å². The van der Waals surface area contributed by atoms with Gasteiger partial charge in [-0.3, -0.25) is 0 Å². The van der Waals surface area contributed by atoms with Gasteiger partial charge in [-0.1, -0.05) is 41.0 Å². The second kappa shape index (κ2) is 25.8. The van der Waals surface area contributed by atoms with E-state index in [0.29, 0.717) is 54.0 Å². The Balaban J connectivity index is 0.000000612. The maximum atomic E-state index is 9.32. The molecular formula is C33H69NO5S2. The normalized spacial score (nSPS) is 27.2. The Morgan fingerprint density at radius 3 is 1.59 bits per heavy atom. The number of hydrogen-bond donors (Lipinski definition) is 6. The zero-order chi connectivity index (χ0) is 31.2. The van der Waals surface area contributed by atoms with Gasteiger partial charge < -0.3 is 30.5 Å². The van der Waals surface area contributed by atoms with E-state index in [0.717, 1.165) is 64.1 Å². The molecule has 0 amide bonds. The van der Waals surface area contributed by atoms with Crippen molar-refractivity contribution in [2.24, 2.45) is 41.2 Å². The minimum Gasteiger partial charge on any atom is -0.396 e. The van der Waals surface area contributed by atoms with E-state index in [4.69, 9.17) is 25.4 Å². The predicted octanol–water partition coefficient (Wildman–Crippen LogP) is 6.74. The minimum atomic E-state index is -0.287. The number of rotatable bonds is 16. The van der Waals surface area contributed by atoms with Crippen LogP contribution in [0.25, 0.3) is 0 Å². The van der Waals surface area contributed by atoms with Gasteiger partial charge in [-0.2, -0.15) is 25.3 Å².